The number of aryl methyl sites for hydroxylation is 1. The van der Waals surface area contributed by atoms with E-state index in [1.807, 2.05) is 12.1 Å². The molecule has 2 rings (SSSR count). The Labute approximate surface area is 147 Å². The number of carbonyl (C=O) groups excluding carboxylic acids is 1. The average molecular weight is 364 g/mol. The molecule has 0 aliphatic carbocycles. The van der Waals surface area contributed by atoms with E-state index in [2.05, 4.69) is 4.98 Å². The quantitative estimate of drug-likeness (QED) is 0.405. The molecule has 8 heteroatoms. The molecule has 0 aliphatic rings. The minimum atomic E-state index is -3.81. The molecule has 134 valence electrons. The Morgan fingerprint density at radius 2 is 2.04 bits per heavy atom. The summed E-state index contributed by atoms with van der Waals surface area (Å²) in [6, 6.07) is 9.47. The summed E-state index contributed by atoms with van der Waals surface area (Å²) in [4.78, 5) is 20.8. The molecule has 0 unspecified atom stereocenters. The highest BCUT2D eigenvalue weighted by molar-refractivity contribution is 7.89. The third kappa shape index (κ3) is 5.09. The molecule has 0 N–H and O–H groups in total. The number of aromatic nitrogens is 1. The molecule has 1 heterocycles. The normalized spacial score (nSPS) is 11.5. The number of benzene rings is 1. The van der Waals surface area contributed by atoms with Gasteiger partial charge in [0.2, 0.25) is 0 Å². The lowest BCUT2D eigenvalue weighted by Gasteiger charge is -2.14. The third-order valence-corrected chi connectivity index (χ3v) is 5.20. The van der Waals surface area contributed by atoms with Gasteiger partial charge < -0.3 is 4.74 Å². The SMILES string of the molecule is CON(C)S(=O)(=O)c1cccc(C(=O)OCCCc2cccnc2)c1. The second-order valence-corrected chi connectivity index (χ2v) is 7.16. The highest BCUT2D eigenvalue weighted by atomic mass is 32.2. The number of ether oxygens (including phenoxy) is 1. The van der Waals surface area contributed by atoms with Gasteiger partial charge >= 0.3 is 5.97 Å². The fourth-order valence-electron chi connectivity index (χ4n) is 2.10. The van der Waals surface area contributed by atoms with E-state index >= 15 is 0 Å². The van der Waals surface area contributed by atoms with Gasteiger partial charge in [0.15, 0.2) is 0 Å². The summed E-state index contributed by atoms with van der Waals surface area (Å²) >= 11 is 0. The van der Waals surface area contributed by atoms with Crippen LogP contribution in [0.2, 0.25) is 0 Å². The summed E-state index contributed by atoms with van der Waals surface area (Å²) in [6.45, 7) is 0.239. The molecule has 2 aromatic rings. The Bertz CT molecular complexity index is 809. The molecular weight excluding hydrogens is 344 g/mol. The van der Waals surface area contributed by atoms with E-state index < -0.39 is 16.0 Å². The van der Waals surface area contributed by atoms with E-state index in [0.717, 1.165) is 16.5 Å². The molecule has 0 radical (unpaired) electrons. The fraction of sp³-hybridized carbons (Fsp3) is 0.294. The van der Waals surface area contributed by atoms with Gasteiger partial charge in [0.05, 0.1) is 24.2 Å². The van der Waals surface area contributed by atoms with Crippen molar-refractivity contribution >= 4 is 16.0 Å². The Kier molecular flexibility index (Phi) is 6.63. The van der Waals surface area contributed by atoms with E-state index in [1.54, 1.807) is 12.4 Å². The Morgan fingerprint density at radius 1 is 1.24 bits per heavy atom. The highest BCUT2D eigenvalue weighted by Gasteiger charge is 2.22. The van der Waals surface area contributed by atoms with Crippen LogP contribution < -0.4 is 0 Å². The molecule has 25 heavy (non-hydrogen) atoms. The van der Waals surface area contributed by atoms with Gasteiger partial charge in [0.25, 0.3) is 10.0 Å². The maximum atomic E-state index is 12.2. The molecule has 1 aromatic heterocycles. The second kappa shape index (κ2) is 8.70. The van der Waals surface area contributed by atoms with Gasteiger partial charge in [0, 0.05) is 19.4 Å². The van der Waals surface area contributed by atoms with Gasteiger partial charge in [-0.1, -0.05) is 16.6 Å². The summed E-state index contributed by atoms with van der Waals surface area (Å²) in [6.07, 6.45) is 4.87. The Hall–Kier alpha value is -2.29. The number of nitrogens with zero attached hydrogens (tertiary/aromatic N) is 2. The van der Waals surface area contributed by atoms with Crippen LogP contribution in [0.3, 0.4) is 0 Å². The third-order valence-electron chi connectivity index (χ3n) is 3.53. The standard InChI is InChI=1S/C17H20N2O5S/c1-19(23-2)25(21,22)16-9-3-8-15(12-16)17(20)24-11-5-7-14-6-4-10-18-13-14/h3-4,6,8-10,12-13H,5,7,11H2,1-2H3. The number of carbonyl (C=O) groups is 1. The number of sulfonamides is 1. The number of pyridine rings is 1. The van der Waals surface area contributed by atoms with Crippen molar-refractivity contribution in [3.8, 4) is 0 Å². The second-order valence-electron chi connectivity index (χ2n) is 5.23. The zero-order valence-electron chi connectivity index (χ0n) is 14.1. The molecule has 0 fully saturated rings. The maximum Gasteiger partial charge on any atom is 0.338 e. The number of esters is 1. The van der Waals surface area contributed by atoms with E-state index in [1.165, 1.54) is 38.4 Å². The summed E-state index contributed by atoms with van der Waals surface area (Å²) in [5.41, 5.74) is 1.24. The van der Waals surface area contributed by atoms with Crippen molar-refractivity contribution in [2.45, 2.75) is 17.7 Å². The fourth-order valence-corrected chi connectivity index (χ4v) is 3.12. The Morgan fingerprint density at radius 3 is 2.72 bits per heavy atom. The molecule has 0 aliphatic heterocycles. The lowest BCUT2D eigenvalue weighted by molar-refractivity contribution is -0.0258. The van der Waals surface area contributed by atoms with Gasteiger partial charge in [-0.05, 0) is 42.7 Å². The van der Waals surface area contributed by atoms with Crippen LogP contribution >= 0.6 is 0 Å². The summed E-state index contributed by atoms with van der Waals surface area (Å²) in [5.74, 6) is -0.566. The first kappa shape index (κ1) is 19.0. The molecule has 0 saturated heterocycles. The van der Waals surface area contributed by atoms with Crippen molar-refractivity contribution in [2.24, 2.45) is 0 Å². The van der Waals surface area contributed by atoms with Gasteiger partial charge in [-0.25, -0.2) is 13.2 Å². The topological polar surface area (TPSA) is 85.8 Å². The molecule has 0 spiro atoms. The highest BCUT2D eigenvalue weighted by Crippen LogP contribution is 2.16. The van der Waals surface area contributed by atoms with E-state index in [-0.39, 0.29) is 17.1 Å². The molecule has 7 nitrogen and oxygen atoms in total. The first-order valence-electron chi connectivity index (χ1n) is 7.64. The van der Waals surface area contributed by atoms with Crippen LogP contribution in [0.25, 0.3) is 0 Å². The monoisotopic (exact) mass is 364 g/mol. The minimum Gasteiger partial charge on any atom is -0.462 e. The van der Waals surface area contributed by atoms with Crippen LogP contribution in [0.1, 0.15) is 22.3 Å². The van der Waals surface area contributed by atoms with Crippen molar-refractivity contribution < 1.29 is 22.8 Å². The van der Waals surface area contributed by atoms with Crippen LogP contribution in [0, 0.1) is 0 Å². The van der Waals surface area contributed by atoms with Gasteiger partial charge in [-0.3, -0.25) is 9.82 Å². The molecular formula is C17H20N2O5S. The average Bonchev–Trinajstić information content (AvgIpc) is 2.65. The first-order valence-corrected chi connectivity index (χ1v) is 9.08. The lowest BCUT2D eigenvalue weighted by atomic mass is 10.2. The van der Waals surface area contributed by atoms with Crippen molar-refractivity contribution in [2.75, 3.05) is 20.8 Å². The number of hydroxylamine groups is 1. The Balaban J connectivity index is 1.95. The smallest absolute Gasteiger partial charge is 0.338 e. The summed E-state index contributed by atoms with van der Waals surface area (Å²) in [5, 5.41) is 0. The largest absolute Gasteiger partial charge is 0.462 e. The van der Waals surface area contributed by atoms with Crippen LogP contribution in [0.5, 0.6) is 0 Å². The van der Waals surface area contributed by atoms with Crippen LogP contribution in [-0.4, -0.2) is 44.6 Å². The van der Waals surface area contributed by atoms with Crippen LogP contribution in [-0.2, 0) is 26.0 Å². The van der Waals surface area contributed by atoms with Crippen molar-refractivity contribution in [3.05, 3.63) is 59.9 Å². The van der Waals surface area contributed by atoms with E-state index in [0.29, 0.717) is 6.42 Å². The zero-order valence-corrected chi connectivity index (χ0v) is 14.9. The minimum absolute atomic E-state index is 0.0401. The van der Waals surface area contributed by atoms with Crippen molar-refractivity contribution in [1.29, 1.82) is 0 Å². The molecule has 1 aromatic carbocycles. The van der Waals surface area contributed by atoms with Crippen LogP contribution in [0.4, 0.5) is 0 Å². The summed E-state index contributed by atoms with van der Waals surface area (Å²) in [7, 11) is -1.29. The summed E-state index contributed by atoms with van der Waals surface area (Å²) < 4.78 is 30.3. The zero-order chi connectivity index (χ0) is 18.3. The van der Waals surface area contributed by atoms with Gasteiger partial charge in [-0.2, -0.15) is 0 Å². The predicted octanol–water partition coefficient (Wildman–Crippen LogP) is 2.05. The van der Waals surface area contributed by atoms with Crippen LogP contribution in [0.15, 0.2) is 53.7 Å². The lowest BCUT2D eigenvalue weighted by Crippen LogP contribution is -2.26. The first-order chi connectivity index (χ1) is 11.9. The van der Waals surface area contributed by atoms with E-state index in [9.17, 15) is 13.2 Å². The van der Waals surface area contributed by atoms with Crippen molar-refractivity contribution in [1.82, 2.24) is 9.45 Å². The number of hydrogen-bond acceptors (Lipinski definition) is 6. The maximum absolute atomic E-state index is 12.2. The molecule has 0 amide bonds. The molecule has 0 atom stereocenters. The number of hydrogen-bond donors (Lipinski definition) is 0. The van der Waals surface area contributed by atoms with Gasteiger partial charge in [-0.15, -0.1) is 0 Å². The van der Waals surface area contributed by atoms with Crippen molar-refractivity contribution in [3.63, 3.8) is 0 Å². The predicted molar refractivity (Wildman–Crippen MR) is 91.2 cm³/mol. The van der Waals surface area contributed by atoms with Gasteiger partial charge in [0.1, 0.15) is 0 Å². The number of rotatable bonds is 8. The van der Waals surface area contributed by atoms with E-state index in [4.69, 9.17) is 9.57 Å². The molecule has 0 bridgehead atoms. The molecule has 0 saturated carbocycles.